The van der Waals surface area contributed by atoms with E-state index in [0.29, 0.717) is 11.6 Å². The minimum Gasteiger partial charge on any atom is -0.361 e. The molecule has 112 valence electrons. The topological polar surface area (TPSA) is 59.2 Å². The highest BCUT2D eigenvalue weighted by atomic mass is 32.1. The van der Waals surface area contributed by atoms with Gasteiger partial charge in [0.25, 0.3) is 5.91 Å². The Bertz CT molecular complexity index is 634. The Morgan fingerprint density at radius 2 is 2.43 bits per heavy atom. The second kappa shape index (κ2) is 5.97. The molecule has 2 aromatic rings. The summed E-state index contributed by atoms with van der Waals surface area (Å²) in [7, 11) is 0. The molecule has 1 aliphatic heterocycles. The third kappa shape index (κ3) is 3.00. The average Bonchev–Trinajstić information content (AvgIpc) is 3.15. The van der Waals surface area contributed by atoms with Gasteiger partial charge in [-0.25, -0.2) is 4.98 Å². The van der Waals surface area contributed by atoms with Crippen molar-refractivity contribution in [1.29, 1.82) is 0 Å². The molecule has 0 radical (unpaired) electrons. The van der Waals surface area contributed by atoms with Crippen LogP contribution in [-0.2, 0) is 6.42 Å². The number of hydrogen-bond acceptors (Lipinski definition) is 5. The first-order valence-corrected chi connectivity index (χ1v) is 8.16. The van der Waals surface area contributed by atoms with E-state index in [1.807, 2.05) is 18.0 Å². The number of carbonyl (C=O) groups is 1. The van der Waals surface area contributed by atoms with E-state index in [1.54, 1.807) is 17.4 Å². The maximum Gasteiger partial charge on any atom is 0.276 e. The summed E-state index contributed by atoms with van der Waals surface area (Å²) in [5.74, 6) is 1.07. The second-order valence-corrected chi connectivity index (χ2v) is 6.70. The lowest BCUT2D eigenvalue weighted by molar-refractivity contribution is 0.0696. The summed E-state index contributed by atoms with van der Waals surface area (Å²) in [4.78, 5) is 20.1. The maximum atomic E-state index is 12.5. The van der Waals surface area contributed by atoms with Crippen LogP contribution in [0.5, 0.6) is 0 Å². The van der Waals surface area contributed by atoms with Crippen molar-refractivity contribution in [2.45, 2.75) is 39.0 Å². The first kappa shape index (κ1) is 14.3. The Hall–Kier alpha value is -1.69. The number of thiazole rings is 1. The van der Waals surface area contributed by atoms with E-state index < -0.39 is 0 Å². The highest BCUT2D eigenvalue weighted by Gasteiger charge is 2.28. The van der Waals surface area contributed by atoms with Crippen LogP contribution in [0, 0.1) is 6.92 Å². The third-order valence-electron chi connectivity index (χ3n) is 3.82. The van der Waals surface area contributed by atoms with Crippen molar-refractivity contribution in [1.82, 2.24) is 15.0 Å². The maximum absolute atomic E-state index is 12.5. The Kier molecular flexibility index (Phi) is 4.05. The van der Waals surface area contributed by atoms with Gasteiger partial charge in [-0.05, 0) is 19.8 Å². The van der Waals surface area contributed by atoms with Crippen molar-refractivity contribution in [3.63, 3.8) is 0 Å². The van der Waals surface area contributed by atoms with Crippen molar-refractivity contribution >= 4 is 17.2 Å². The quantitative estimate of drug-likeness (QED) is 0.874. The van der Waals surface area contributed by atoms with E-state index in [2.05, 4.69) is 17.1 Å². The van der Waals surface area contributed by atoms with E-state index in [-0.39, 0.29) is 5.91 Å². The first-order valence-electron chi connectivity index (χ1n) is 7.34. The fourth-order valence-corrected chi connectivity index (χ4v) is 3.57. The normalized spacial score (nSPS) is 19.0. The van der Waals surface area contributed by atoms with Gasteiger partial charge in [-0.15, -0.1) is 11.3 Å². The molecule has 0 aromatic carbocycles. The molecule has 1 fully saturated rings. The van der Waals surface area contributed by atoms with Crippen LogP contribution in [0.4, 0.5) is 0 Å². The van der Waals surface area contributed by atoms with Crippen LogP contribution in [0.25, 0.3) is 0 Å². The summed E-state index contributed by atoms with van der Waals surface area (Å²) in [5, 5.41) is 5.02. The number of aryl methyl sites for hydroxylation is 2. The predicted octanol–water partition coefficient (Wildman–Crippen LogP) is 3.02. The lowest BCUT2D eigenvalue weighted by atomic mass is 9.98. The van der Waals surface area contributed by atoms with Gasteiger partial charge in [0.05, 0.1) is 5.01 Å². The fraction of sp³-hybridized carbons (Fsp3) is 0.533. The van der Waals surface area contributed by atoms with Gasteiger partial charge >= 0.3 is 0 Å². The Labute approximate surface area is 128 Å². The summed E-state index contributed by atoms with van der Waals surface area (Å²) >= 11 is 1.73. The monoisotopic (exact) mass is 305 g/mol. The molecule has 2 aromatic heterocycles. The molecule has 6 heteroatoms. The molecule has 0 saturated carbocycles. The predicted molar refractivity (Wildman–Crippen MR) is 80.6 cm³/mol. The molecule has 1 amide bonds. The number of aromatic nitrogens is 2. The summed E-state index contributed by atoms with van der Waals surface area (Å²) in [5.41, 5.74) is 0.419. The van der Waals surface area contributed by atoms with Gasteiger partial charge in [0.2, 0.25) is 0 Å². The molecule has 5 nitrogen and oxygen atoms in total. The molecule has 0 bridgehead atoms. The molecule has 1 saturated heterocycles. The molecule has 0 unspecified atom stereocenters. The standard InChI is InChI=1S/C15H19N3O2S/c1-3-12-7-13(17-20-12)15(19)18-6-4-5-11(9-18)14-16-8-10(2)21-14/h7-8,11H,3-6,9H2,1-2H3/t11-/m1/s1. The van der Waals surface area contributed by atoms with Gasteiger partial charge in [-0.3, -0.25) is 4.79 Å². The number of rotatable bonds is 3. The zero-order chi connectivity index (χ0) is 14.8. The van der Waals surface area contributed by atoms with Crippen molar-refractivity contribution in [3.05, 3.63) is 33.6 Å². The van der Waals surface area contributed by atoms with Gasteiger partial charge < -0.3 is 9.42 Å². The van der Waals surface area contributed by atoms with E-state index in [4.69, 9.17) is 4.52 Å². The molecule has 1 atom stereocenters. The molecule has 0 N–H and O–H groups in total. The lowest BCUT2D eigenvalue weighted by Gasteiger charge is -2.31. The molecule has 1 aliphatic rings. The van der Waals surface area contributed by atoms with Crippen LogP contribution in [0.15, 0.2) is 16.8 Å². The first-order chi connectivity index (χ1) is 10.2. The van der Waals surface area contributed by atoms with Gasteiger partial charge in [0.15, 0.2) is 5.69 Å². The minimum absolute atomic E-state index is 0.0311. The summed E-state index contributed by atoms with van der Waals surface area (Å²) < 4.78 is 5.13. The molecule has 21 heavy (non-hydrogen) atoms. The fourth-order valence-electron chi connectivity index (χ4n) is 2.67. The lowest BCUT2D eigenvalue weighted by Crippen LogP contribution is -2.39. The molecular weight excluding hydrogens is 286 g/mol. The molecule has 3 heterocycles. The summed E-state index contributed by atoms with van der Waals surface area (Å²) in [6.07, 6.45) is 4.76. The Morgan fingerprint density at radius 3 is 3.10 bits per heavy atom. The zero-order valence-electron chi connectivity index (χ0n) is 12.3. The molecule has 0 aliphatic carbocycles. The summed E-state index contributed by atoms with van der Waals surface area (Å²) in [6.45, 7) is 5.55. The summed E-state index contributed by atoms with van der Waals surface area (Å²) in [6, 6.07) is 1.75. The van der Waals surface area contributed by atoms with Gasteiger partial charge in [0, 0.05) is 42.6 Å². The molecule has 0 spiro atoms. The Balaban J connectivity index is 1.72. The van der Waals surface area contributed by atoms with Crippen molar-refractivity contribution in [2.24, 2.45) is 0 Å². The SMILES string of the molecule is CCc1cc(C(=O)N2CCC[C@@H](c3ncc(C)s3)C2)no1. The van der Waals surface area contributed by atoms with Crippen molar-refractivity contribution < 1.29 is 9.32 Å². The van der Waals surface area contributed by atoms with Gasteiger partial charge in [-0.2, -0.15) is 0 Å². The van der Waals surface area contributed by atoms with Crippen molar-refractivity contribution in [3.8, 4) is 0 Å². The number of hydrogen-bond donors (Lipinski definition) is 0. The van der Waals surface area contributed by atoms with Crippen LogP contribution >= 0.6 is 11.3 Å². The minimum atomic E-state index is -0.0311. The van der Waals surface area contributed by atoms with Gasteiger partial charge in [-0.1, -0.05) is 12.1 Å². The molecule has 3 rings (SSSR count). The Morgan fingerprint density at radius 1 is 1.57 bits per heavy atom. The number of carbonyl (C=O) groups excluding carboxylic acids is 1. The van der Waals surface area contributed by atoms with Crippen LogP contribution in [-0.4, -0.2) is 34.0 Å². The van der Waals surface area contributed by atoms with E-state index in [9.17, 15) is 4.79 Å². The van der Waals surface area contributed by atoms with Crippen LogP contribution < -0.4 is 0 Å². The third-order valence-corrected chi connectivity index (χ3v) is 4.90. The zero-order valence-corrected chi connectivity index (χ0v) is 13.2. The second-order valence-electron chi connectivity index (χ2n) is 5.43. The number of amides is 1. The van der Waals surface area contributed by atoms with Crippen molar-refractivity contribution in [2.75, 3.05) is 13.1 Å². The van der Waals surface area contributed by atoms with Crippen LogP contribution in [0.1, 0.15) is 51.8 Å². The largest absolute Gasteiger partial charge is 0.361 e. The number of nitrogens with zero attached hydrogens (tertiary/aromatic N) is 3. The highest BCUT2D eigenvalue weighted by Crippen LogP contribution is 2.30. The van der Waals surface area contributed by atoms with E-state index >= 15 is 0 Å². The van der Waals surface area contributed by atoms with E-state index in [1.165, 1.54) is 4.88 Å². The highest BCUT2D eigenvalue weighted by molar-refractivity contribution is 7.11. The smallest absolute Gasteiger partial charge is 0.276 e. The number of piperidine rings is 1. The van der Waals surface area contributed by atoms with Gasteiger partial charge in [0.1, 0.15) is 5.76 Å². The van der Waals surface area contributed by atoms with Crippen LogP contribution in [0.3, 0.4) is 0 Å². The number of likely N-dealkylation sites (tertiary alicyclic amines) is 1. The van der Waals surface area contributed by atoms with E-state index in [0.717, 1.165) is 43.1 Å². The van der Waals surface area contributed by atoms with Crippen LogP contribution in [0.2, 0.25) is 0 Å². The molecular formula is C15H19N3O2S. The average molecular weight is 305 g/mol.